The molecule has 4 amide bonds. The number of piperazine rings is 1. The van der Waals surface area contributed by atoms with E-state index >= 15 is 0 Å². The van der Waals surface area contributed by atoms with Crippen molar-refractivity contribution in [2.45, 2.75) is 38.0 Å². The number of urea groups is 1. The summed E-state index contributed by atoms with van der Waals surface area (Å²) >= 11 is 0. The number of methoxy groups -OCH3 is 1. The average molecular weight is 650 g/mol. The first-order chi connectivity index (χ1) is 23.2. The summed E-state index contributed by atoms with van der Waals surface area (Å²) in [6.07, 6.45) is 7.10. The minimum absolute atomic E-state index is 0.0620. The van der Waals surface area contributed by atoms with E-state index in [2.05, 4.69) is 11.9 Å². The zero-order chi connectivity index (χ0) is 34.2. The van der Waals surface area contributed by atoms with E-state index < -0.39 is 12.2 Å². The van der Waals surface area contributed by atoms with E-state index in [0.29, 0.717) is 6.54 Å². The Morgan fingerprint density at radius 3 is 2.38 bits per heavy atom. The molecule has 3 aromatic rings. The number of amides is 4. The molecule has 0 spiro atoms. The number of benzene rings is 3. The number of ether oxygens (including phenoxy) is 1. The van der Waals surface area contributed by atoms with E-state index in [1.54, 1.807) is 64.3 Å². The van der Waals surface area contributed by atoms with Crippen molar-refractivity contribution in [1.29, 1.82) is 0 Å². The highest BCUT2D eigenvalue weighted by molar-refractivity contribution is 5.91. The third-order valence-electron chi connectivity index (χ3n) is 8.88. The fourth-order valence-corrected chi connectivity index (χ4v) is 6.43. The van der Waals surface area contributed by atoms with Crippen LogP contribution >= 0.6 is 0 Å². The van der Waals surface area contributed by atoms with E-state index in [1.807, 2.05) is 79.7 Å². The van der Waals surface area contributed by atoms with Crippen molar-refractivity contribution in [3.8, 4) is 11.5 Å². The third kappa shape index (κ3) is 7.61. The minimum atomic E-state index is -0.861. The summed E-state index contributed by atoms with van der Waals surface area (Å²) in [5, 5.41) is 16.1. The molecule has 1 unspecified atom stereocenters. The molecule has 2 aliphatic heterocycles. The van der Waals surface area contributed by atoms with Gasteiger partial charge in [0.05, 0.1) is 20.2 Å². The molecule has 0 aromatic heterocycles. The van der Waals surface area contributed by atoms with Gasteiger partial charge >= 0.3 is 6.03 Å². The van der Waals surface area contributed by atoms with Crippen molar-refractivity contribution in [2.75, 3.05) is 33.8 Å². The molecular weight excluding hydrogens is 606 g/mol. The number of nitrogens with one attached hydrogen (secondary N) is 1. The van der Waals surface area contributed by atoms with Gasteiger partial charge in [0.2, 0.25) is 11.8 Å². The van der Waals surface area contributed by atoms with Crippen molar-refractivity contribution in [1.82, 2.24) is 25.1 Å². The Bertz CT molecular complexity index is 1650. The molecule has 3 aromatic carbocycles. The normalized spacial score (nSPS) is 19.3. The van der Waals surface area contributed by atoms with Gasteiger partial charge in [-0.15, -0.1) is 0 Å². The summed E-state index contributed by atoms with van der Waals surface area (Å²) in [5.74, 6) is 0.227. The summed E-state index contributed by atoms with van der Waals surface area (Å²) < 4.78 is 5.25. The number of nitrogens with zero attached hydrogens (tertiary/aromatic N) is 4. The first-order valence-electron chi connectivity index (χ1n) is 16.0. The number of carbonyl (C=O) groups excluding carboxylic acids is 3. The summed E-state index contributed by atoms with van der Waals surface area (Å²) in [7, 11) is 3.31. The number of likely N-dealkylation sites (N-methyl/N-ethyl adjacent to an activating group) is 1. The van der Waals surface area contributed by atoms with E-state index in [9.17, 15) is 19.5 Å². The fourth-order valence-electron chi connectivity index (χ4n) is 6.43. The van der Waals surface area contributed by atoms with Gasteiger partial charge in [0.15, 0.2) is 0 Å². The number of fused-ring (bicyclic) bond motifs is 1. The van der Waals surface area contributed by atoms with Crippen LogP contribution < -0.4 is 10.1 Å². The van der Waals surface area contributed by atoms with E-state index in [0.717, 1.165) is 28.0 Å². The van der Waals surface area contributed by atoms with Crippen LogP contribution in [-0.2, 0) is 22.6 Å². The van der Waals surface area contributed by atoms with Gasteiger partial charge in [0.1, 0.15) is 23.7 Å². The molecule has 0 saturated carbocycles. The van der Waals surface area contributed by atoms with E-state index in [1.165, 1.54) is 0 Å². The molecule has 2 aliphatic rings. The lowest BCUT2D eigenvalue weighted by Crippen LogP contribution is -2.76. The maximum Gasteiger partial charge on any atom is 0.334 e. The number of rotatable bonds is 11. The number of phenols is 1. The highest BCUT2D eigenvalue weighted by atomic mass is 16.5. The Labute approximate surface area is 282 Å². The second-order valence-electron chi connectivity index (χ2n) is 11.9. The van der Waals surface area contributed by atoms with Gasteiger partial charge in [0, 0.05) is 32.5 Å². The molecule has 48 heavy (non-hydrogen) atoms. The van der Waals surface area contributed by atoms with Gasteiger partial charge in [-0.3, -0.25) is 9.59 Å². The summed E-state index contributed by atoms with van der Waals surface area (Å²) in [4.78, 5) is 45.5. The first kappa shape index (κ1) is 34.0. The molecule has 0 bridgehead atoms. The molecule has 2 saturated heterocycles. The number of aromatic hydroxyl groups is 1. The van der Waals surface area contributed by atoms with Crippen LogP contribution in [0.15, 0.2) is 115 Å². The van der Waals surface area contributed by atoms with Crippen LogP contribution in [0.1, 0.15) is 29.5 Å². The van der Waals surface area contributed by atoms with Crippen molar-refractivity contribution in [3.63, 3.8) is 0 Å². The van der Waals surface area contributed by atoms with Crippen LogP contribution in [0.4, 0.5) is 4.79 Å². The Balaban J connectivity index is 1.50. The maximum absolute atomic E-state index is 14.5. The van der Waals surface area contributed by atoms with Crippen LogP contribution in [0, 0.1) is 0 Å². The van der Waals surface area contributed by atoms with Gasteiger partial charge in [-0.05, 0) is 53.5 Å². The molecule has 2 heterocycles. The van der Waals surface area contributed by atoms with Gasteiger partial charge in [-0.25, -0.2) is 14.8 Å². The zero-order valence-corrected chi connectivity index (χ0v) is 27.7. The molecule has 3 atom stereocenters. The maximum atomic E-state index is 14.5. The molecule has 250 valence electrons. The molecule has 10 nitrogen and oxygen atoms in total. The highest BCUT2D eigenvalue weighted by Crippen LogP contribution is 2.32. The zero-order valence-electron chi connectivity index (χ0n) is 27.7. The monoisotopic (exact) mass is 649 g/mol. The highest BCUT2D eigenvalue weighted by Gasteiger charge is 2.51. The fraction of sp³-hybridized carbons (Fsp3) is 0.289. The quantitative estimate of drug-likeness (QED) is 0.288. The number of allylic oxidation sites excluding steroid dienone is 4. The van der Waals surface area contributed by atoms with Crippen LogP contribution in [0.3, 0.4) is 0 Å². The molecule has 2 N–H and O–H groups in total. The van der Waals surface area contributed by atoms with Gasteiger partial charge < -0.3 is 25.0 Å². The summed E-state index contributed by atoms with van der Waals surface area (Å²) in [6, 6.07) is 22.8. The Kier molecular flexibility index (Phi) is 11.0. The Morgan fingerprint density at radius 2 is 1.73 bits per heavy atom. The second kappa shape index (κ2) is 15.5. The first-order valence-corrected chi connectivity index (χ1v) is 16.0. The molecule has 0 aliphatic carbocycles. The topological polar surface area (TPSA) is 106 Å². The lowest BCUT2D eigenvalue weighted by Gasteiger charge is -2.54. The smallest absolute Gasteiger partial charge is 0.334 e. The van der Waals surface area contributed by atoms with Crippen molar-refractivity contribution in [2.24, 2.45) is 0 Å². The molecule has 10 heteroatoms. The van der Waals surface area contributed by atoms with E-state index in [4.69, 9.17) is 4.74 Å². The summed E-state index contributed by atoms with van der Waals surface area (Å²) in [5.41, 5.74) is 3.73. The number of hydrogen-bond donors (Lipinski definition) is 2. The van der Waals surface area contributed by atoms with Crippen molar-refractivity contribution < 1.29 is 24.2 Å². The SMILES string of the molecule is C=C/C=C\C(=C/C)C(CN1C[C@H]2N(C(=O)CN(C)N2C(=O)NCc2ccc(OC)cc2)[C@@H](Cc2ccc(O)cc2)C1=O)c1ccccc1. The Morgan fingerprint density at radius 1 is 1.04 bits per heavy atom. The molecule has 2 fully saturated rings. The predicted molar refractivity (Wildman–Crippen MR) is 185 cm³/mol. The van der Waals surface area contributed by atoms with Gasteiger partial charge in [0.25, 0.3) is 0 Å². The van der Waals surface area contributed by atoms with Crippen molar-refractivity contribution in [3.05, 3.63) is 132 Å². The number of phenolic OH excluding ortho intramolecular Hbond substituents is 1. The predicted octanol–water partition coefficient (Wildman–Crippen LogP) is 4.85. The summed E-state index contributed by atoms with van der Waals surface area (Å²) in [6.45, 7) is 6.46. The number of hydrogen-bond acceptors (Lipinski definition) is 6. The van der Waals surface area contributed by atoms with Crippen LogP contribution in [0.25, 0.3) is 0 Å². The van der Waals surface area contributed by atoms with Gasteiger partial charge in [-0.1, -0.05) is 85.5 Å². The lowest BCUT2D eigenvalue weighted by molar-refractivity contribution is -0.187. The largest absolute Gasteiger partial charge is 0.508 e. The standard InChI is InChI=1S/C38H43N5O5/c1-5-7-11-29(6-2)33(30-12-9-8-10-13-30)24-41-25-35-42(34(37(41)46)22-27-14-18-31(44)19-15-27)36(45)26-40(3)43(35)38(47)39-23-28-16-20-32(48-4)21-17-28/h5-21,33-35,44H,1,22-26H2,2-4H3,(H,39,47)/b11-7-,29-6+/t33?,34-,35-/m0/s1. The number of hydrazine groups is 1. The van der Waals surface area contributed by atoms with Gasteiger partial charge in [-0.2, -0.15) is 0 Å². The Hall–Kier alpha value is -5.35. The van der Waals surface area contributed by atoms with Crippen LogP contribution in [0.2, 0.25) is 0 Å². The molecule has 0 radical (unpaired) electrons. The molecule has 5 rings (SSSR count). The molecular formula is C38H43N5O5. The average Bonchev–Trinajstić information content (AvgIpc) is 3.10. The van der Waals surface area contributed by atoms with Crippen LogP contribution in [-0.4, -0.2) is 88.8 Å². The second-order valence-corrected chi connectivity index (χ2v) is 11.9. The van der Waals surface area contributed by atoms with Crippen LogP contribution in [0.5, 0.6) is 11.5 Å². The van der Waals surface area contributed by atoms with Crippen molar-refractivity contribution >= 4 is 17.8 Å². The third-order valence-corrected chi connectivity index (χ3v) is 8.88. The number of carbonyl (C=O) groups is 3. The van der Waals surface area contributed by atoms with E-state index in [-0.39, 0.29) is 55.6 Å². The minimum Gasteiger partial charge on any atom is -0.508 e. The lowest BCUT2D eigenvalue weighted by atomic mass is 9.88.